The van der Waals surface area contributed by atoms with Gasteiger partial charge < -0.3 is 9.64 Å². The lowest BCUT2D eigenvalue weighted by Gasteiger charge is -2.25. The van der Waals surface area contributed by atoms with Crippen LogP contribution >= 0.6 is 0 Å². The summed E-state index contributed by atoms with van der Waals surface area (Å²) in [7, 11) is 0. The maximum absolute atomic E-state index is 12.2. The number of rotatable bonds is 2. The van der Waals surface area contributed by atoms with E-state index in [1.807, 2.05) is 44.7 Å². The van der Waals surface area contributed by atoms with Crippen LogP contribution in [0, 0.1) is 12.3 Å². The Morgan fingerprint density at radius 1 is 1.37 bits per heavy atom. The van der Waals surface area contributed by atoms with Crippen LogP contribution in [0.25, 0.3) is 0 Å². The summed E-state index contributed by atoms with van der Waals surface area (Å²) in [6, 6.07) is 3.69. The van der Waals surface area contributed by atoms with Crippen molar-refractivity contribution in [1.29, 1.82) is 0 Å². The molecule has 1 amide bonds. The van der Waals surface area contributed by atoms with Gasteiger partial charge in [0.25, 0.3) is 0 Å². The summed E-state index contributed by atoms with van der Waals surface area (Å²) in [5, 5.41) is 7.94. The molecule has 1 aromatic heterocycles. The fourth-order valence-corrected chi connectivity index (χ4v) is 2.10. The van der Waals surface area contributed by atoms with Crippen molar-refractivity contribution in [2.75, 3.05) is 13.1 Å². The van der Waals surface area contributed by atoms with Gasteiger partial charge in [-0.3, -0.25) is 4.79 Å². The zero-order valence-corrected chi connectivity index (χ0v) is 12.0. The fraction of sp³-hybridized carbons (Fsp3) is 0.643. The summed E-state index contributed by atoms with van der Waals surface area (Å²) in [6.07, 6.45) is 0.862. The summed E-state index contributed by atoms with van der Waals surface area (Å²) in [6.45, 7) is 9.08. The number of amides is 1. The Morgan fingerprint density at radius 3 is 2.68 bits per heavy atom. The molecule has 19 heavy (non-hydrogen) atoms. The molecule has 1 unspecified atom stereocenters. The first-order chi connectivity index (χ1) is 8.86. The Morgan fingerprint density at radius 2 is 2.11 bits per heavy atom. The number of aromatic nitrogens is 2. The van der Waals surface area contributed by atoms with Gasteiger partial charge in [-0.05, 0) is 13.0 Å². The minimum absolute atomic E-state index is 0.0170. The third kappa shape index (κ3) is 3.43. The van der Waals surface area contributed by atoms with Crippen LogP contribution in [-0.4, -0.2) is 40.2 Å². The van der Waals surface area contributed by atoms with E-state index in [0.29, 0.717) is 12.4 Å². The van der Waals surface area contributed by atoms with E-state index in [0.717, 1.165) is 18.7 Å². The average molecular weight is 263 g/mol. The number of aryl methyl sites for hydroxylation is 1. The van der Waals surface area contributed by atoms with E-state index >= 15 is 0 Å². The molecular weight excluding hydrogens is 242 g/mol. The topological polar surface area (TPSA) is 55.3 Å². The number of ether oxygens (including phenoxy) is 1. The monoisotopic (exact) mass is 263 g/mol. The molecular formula is C14H21N3O2. The van der Waals surface area contributed by atoms with E-state index in [9.17, 15) is 4.79 Å². The molecule has 5 heteroatoms. The molecule has 5 nitrogen and oxygen atoms in total. The first-order valence-corrected chi connectivity index (χ1v) is 6.62. The molecule has 0 bridgehead atoms. The SMILES string of the molecule is Cc1ccc(OC2CCN(C(=O)C(C)(C)C)C2)nn1. The molecule has 0 N–H and O–H groups in total. The van der Waals surface area contributed by atoms with Gasteiger partial charge in [0, 0.05) is 24.4 Å². The van der Waals surface area contributed by atoms with Gasteiger partial charge in [0.05, 0.1) is 12.2 Å². The van der Waals surface area contributed by atoms with Gasteiger partial charge in [0.15, 0.2) is 0 Å². The molecule has 2 rings (SSSR count). The van der Waals surface area contributed by atoms with Crippen LogP contribution in [0.1, 0.15) is 32.9 Å². The minimum atomic E-state index is -0.335. The first-order valence-electron chi connectivity index (χ1n) is 6.62. The summed E-state index contributed by atoms with van der Waals surface area (Å²) in [4.78, 5) is 14.0. The van der Waals surface area contributed by atoms with Crippen LogP contribution < -0.4 is 4.74 Å². The number of likely N-dealkylation sites (tertiary alicyclic amines) is 1. The second-order valence-corrected chi connectivity index (χ2v) is 6.04. The molecule has 1 aliphatic rings. The Balaban J connectivity index is 1.92. The van der Waals surface area contributed by atoms with E-state index in [4.69, 9.17) is 4.74 Å². The third-order valence-corrected chi connectivity index (χ3v) is 3.13. The van der Waals surface area contributed by atoms with E-state index in [2.05, 4.69) is 10.2 Å². The van der Waals surface area contributed by atoms with Crippen molar-refractivity contribution in [2.24, 2.45) is 5.41 Å². The Hall–Kier alpha value is -1.65. The Bertz CT molecular complexity index is 451. The molecule has 1 saturated heterocycles. The van der Waals surface area contributed by atoms with E-state index in [1.54, 1.807) is 0 Å². The molecule has 0 aromatic carbocycles. The van der Waals surface area contributed by atoms with Crippen LogP contribution in [0.4, 0.5) is 0 Å². The number of carbonyl (C=O) groups is 1. The second-order valence-electron chi connectivity index (χ2n) is 6.04. The van der Waals surface area contributed by atoms with Crippen molar-refractivity contribution in [1.82, 2.24) is 15.1 Å². The predicted octanol–water partition coefficient (Wildman–Crippen LogP) is 1.81. The van der Waals surface area contributed by atoms with Gasteiger partial charge in [-0.2, -0.15) is 5.10 Å². The number of hydrogen-bond acceptors (Lipinski definition) is 4. The fourth-order valence-electron chi connectivity index (χ4n) is 2.10. The zero-order chi connectivity index (χ0) is 14.0. The van der Waals surface area contributed by atoms with Gasteiger partial charge in [-0.1, -0.05) is 20.8 Å². The molecule has 104 valence electrons. The second kappa shape index (κ2) is 5.15. The summed E-state index contributed by atoms with van der Waals surface area (Å²) in [5.41, 5.74) is 0.529. The van der Waals surface area contributed by atoms with Crippen molar-refractivity contribution >= 4 is 5.91 Å². The summed E-state index contributed by atoms with van der Waals surface area (Å²) >= 11 is 0. The van der Waals surface area contributed by atoms with Crippen molar-refractivity contribution in [2.45, 2.75) is 40.2 Å². The lowest BCUT2D eigenvalue weighted by atomic mass is 9.95. The van der Waals surface area contributed by atoms with Crippen molar-refractivity contribution in [3.05, 3.63) is 17.8 Å². The molecule has 0 aliphatic carbocycles. The number of nitrogens with zero attached hydrogens (tertiary/aromatic N) is 3. The highest BCUT2D eigenvalue weighted by Crippen LogP contribution is 2.23. The zero-order valence-electron chi connectivity index (χ0n) is 12.0. The van der Waals surface area contributed by atoms with Crippen LogP contribution in [0.2, 0.25) is 0 Å². The molecule has 0 radical (unpaired) electrons. The van der Waals surface area contributed by atoms with Gasteiger partial charge >= 0.3 is 0 Å². The first kappa shape index (κ1) is 13.8. The van der Waals surface area contributed by atoms with Crippen molar-refractivity contribution in [3.63, 3.8) is 0 Å². The highest BCUT2D eigenvalue weighted by molar-refractivity contribution is 5.81. The van der Waals surface area contributed by atoms with Gasteiger partial charge in [-0.25, -0.2) is 0 Å². The smallest absolute Gasteiger partial charge is 0.233 e. The molecule has 1 aromatic rings. The third-order valence-electron chi connectivity index (χ3n) is 3.13. The lowest BCUT2D eigenvalue weighted by Crippen LogP contribution is -2.38. The molecule has 1 aliphatic heterocycles. The molecule has 0 saturated carbocycles. The van der Waals surface area contributed by atoms with Crippen LogP contribution in [-0.2, 0) is 4.79 Å². The van der Waals surface area contributed by atoms with E-state index in [-0.39, 0.29) is 17.4 Å². The largest absolute Gasteiger partial charge is 0.471 e. The Kier molecular flexibility index (Phi) is 3.73. The van der Waals surface area contributed by atoms with Gasteiger partial charge in [0.1, 0.15) is 6.10 Å². The normalized spacial score (nSPS) is 19.6. The lowest BCUT2D eigenvalue weighted by molar-refractivity contribution is -0.138. The van der Waals surface area contributed by atoms with Crippen LogP contribution in [0.5, 0.6) is 5.88 Å². The van der Waals surface area contributed by atoms with Gasteiger partial charge in [-0.15, -0.1) is 5.10 Å². The van der Waals surface area contributed by atoms with Crippen molar-refractivity contribution < 1.29 is 9.53 Å². The minimum Gasteiger partial charge on any atom is -0.471 e. The van der Waals surface area contributed by atoms with Crippen molar-refractivity contribution in [3.8, 4) is 5.88 Å². The van der Waals surface area contributed by atoms with Crippen LogP contribution in [0.3, 0.4) is 0 Å². The number of carbonyl (C=O) groups excluding carboxylic acids is 1. The van der Waals surface area contributed by atoms with E-state index in [1.165, 1.54) is 0 Å². The number of hydrogen-bond donors (Lipinski definition) is 0. The quantitative estimate of drug-likeness (QED) is 0.816. The summed E-state index contributed by atoms with van der Waals surface area (Å²) in [5.74, 6) is 0.703. The van der Waals surface area contributed by atoms with E-state index < -0.39 is 0 Å². The van der Waals surface area contributed by atoms with Gasteiger partial charge in [0.2, 0.25) is 11.8 Å². The highest BCUT2D eigenvalue weighted by Gasteiger charge is 2.33. The molecule has 2 heterocycles. The maximum atomic E-state index is 12.2. The standard InChI is InChI=1S/C14H21N3O2/c1-10-5-6-12(16-15-10)19-11-7-8-17(9-11)13(18)14(2,3)4/h5-6,11H,7-9H2,1-4H3. The molecule has 0 spiro atoms. The highest BCUT2D eigenvalue weighted by atomic mass is 16.5. The molecule has 1 atom stereocenters. The average Bonchev–Trinajstić information content (AvgIpc) is 2.78. The maximum Gasteiger partial charge on any atom is 0.233 e. The van der Waals surface area contributed by atoms with Crippen LogP contribution in [0.15, 0.2) is 12.1 Å². The predicted molar refractivity (Wildman–Crippen MR) is 71.8 cm³/mol. The molecule has 1 fully saturated rings. The Labute approximate surface area is 114 Å². The summed E-state index contributed by atoms with van der Waals surface area (Å²) < 4.78 is 5.76.